The van der Waals surface area contributed by atoms with Crippen molar-refractivity contribution in [2.45, 2.75) is 24.3 Å². The van der Waals surface area contributed by atoms with Gasteiger partial charge in [-0.15, -0.1) is 0 Å². The number of likely N-dealkylation sites (tertiary alicyclic amines) is 1. The minimum absolute atomic E-state index is 0.0161. The summed E-state index contributed by atoms with van der Waals surface area (Å²) in [7, 11) is -3.31. The van der Waals surface area contributed by atoms with Gasteiger partial charge in [0.2, 0.25) is 0 Å². The van der Waals surface area contributed by atoms with Crippen LogP contribution in [0.1, 0.15) is 22.3 Å². The van der Waals surface area contributed by atoms with E-state index in [1.165, 1.54) is 12.1 Å². The zero-order chi connectivity index (χ0) is 14.2. The summed E-state index contributed by atoms with van der Waals surface area (Å²) in [5, 5.41) is 0. The second-order valence-electron chi connectivity index (χ2n) is 5.05. The van der Waals surface area contributed by atoms with Crippen molar-refractivity contribution in [1.29, 1.82) is 0 Å². The summed E-state index contributed by atoms with van der Waals surface area (Å²) in [5.74, 6) is -0.143. The van der Waals surface area contributed by atoms with Crippen LogP contribution in [0, 0.1) is 6.92 Å². The highest BCUT2D eigenvalue weighted by molar-refractivity contribution is 7.90. The smallest absolute Gasteiger partial charge is 0.254 e. The summed E-state index contributed by atoms with van der Waals surface area (Å²) in [6.45, 7) is 2.96. The second kappa shape index (κ2) is 4.94. The summed E-state index contributed by atoms with van der Waals surface area (Å²) in [6.07, 6.45) is 1.92. The molecule has 1 saturated heterocycles. The molecule has 19 heavy (non-hydrogen) atoms. The average Bonchev–Trinajstić information content (AvgIpc) is 2.74. The zero-order valence-corrected chi connectivity index (χ0v) is 11.9. The number of sulfone groups is 1. The number of aryl methyl sites for hydroxylation is 1. The van der Waals surface area contributed by atoms with Gasteiger partial charge >= 0.3 is 0 Å². The van der Waals surface area contributed by atoms with E-state index in [9.17, 15) is 13.2 Å². The van der Waals surface area contributed by atoms with E-state index in [-0.39, 0.29) is 16.8 Å². The molecule has 1 aromatic rings. The van der Waals surface area contributed by atoms with Gasteiger partial charge in [-0.1, -0.05) is 6.07 Å². The van der Waals surface area contributed by atoms with Crippen molar-refractivity contribution in [1.82, 2.24) is 4.90 Å². The highest BCUT2D eigenvalue weighted by Crippen LogP contribution is 2.19. The maximum absolute atomic E-state index is 12.4. The Balaban J connectivity index is 2.36. The third-order valence-corrected chi connectivity index (χ3v) is 4.49. The molecule has 1 heterocycles. The molecule has 0 saturated carbocycles. The molecule has 0 unspecified atom stereocenters. The Kier molecular flexibility index (Phi) is 3.64. The van der Waals surface area contributed by atoms with E-state index in [4.69, 9.17) is 5.73 Å². The number of rotatable bonds is 2. The van der Waals surface area contributed by atoms with Crippen molar-refractivity contribution in [3.05, 3.63) is 29.3 Å². The molecular weight excluding hydrogens is 264 g/mol. The quantitative estimate of drug-likeness (QED) is 0.860. The van der Waals surface area contributed by atoms with Crippen molar-refractivity contribution < 1.29 is 13.2 Å². The number of amides is 1. The fourth-order valence-electron chi connectivity index (χ4n) is 2.20. The molecule has 1 aromatic carbocycles. The first-order chi connectivity index (χ1) is 8.79. The lowest BCUT2D eigenvalue weighted by atomic mass is 10.1. The Bertz CT molecular complexity index is 610. The van der Waals surface area contributed by atoms with Gasteiger partial charge in [-0.3, -0.25) is 4.79 Å². The van der Waals surface area contributed by atoms with Crippen LogP contribution in [-0.4, -0.2) is 44.6 Å². The summed E-state index contributed by atoms with van der Waals surface area (Å²) in [6, 6.07) is 4.66. The van der Waals surface area contributed by atoms with E-state index in [1.807, 2.05) is 0 Å². The second-order valence-corrected chi connectivity index (χ2v) is 7.06. The molecule has 0 aliphatic carbocycles. The van der Waals surface area contributed by atoms with Crippen LogP contribution >= 0.6 is 0 Å². The van der Waals surface area contributed by atoms with Crippen molar-refractivity contribution in [2.24, 2.45) is 5.73 Å². The van der Waals surface area contributed by atoms with E-state index in [1.54, 1.807) is 17.9 Å². The van der Waals surface area contributed by atoms with Crippen LogP contribution < -0.4 is 5.73 Å². The summed E-state index contributed by atoms with van der Waals surface area (Å²) >= 11 is 0. The molecule has 0 radical (unpaired) electrons. The van der Waals surface area contributed by atoms with Gasteiger partial charge in [-0.25, -0.2) is 8.42 Å². The molecule has 1 atom stereocenters. The maximum atomic E-state index is 12.4. The first kappa shape index (κ1) is 14.0. The fourth-order valence-corrected chi connectivity index (χ4v) is 2.85. The van der Waals surface area contributed by atoms with Crippen LogP contribution in [0.25, 0.3) is 0 Å². The molecule has 2 rings (SSSR count). The molecule has 6 heteroatoms. The minimum Gasteiger partial charge on any atom is -0.337 e. The van der Waals surface area contributed by atoms with Gasteiger partial charge in [-0.2, -0.15) is 0 Å². The minimum atomic E-state index is -3.31. The highest BCUT2D eigenvalue weighted by Gasteiger charge is 2.26. The summed E-state index contributed by atoms with van der Waals surface area (Å²) in [4.78, 5) is 14.2. The SMILES string of the molecule is Cc1ccc(S(C)(=O)=O)cc1C(=O)N1CC[C@@H](N)C1. The van der Waals surface area contributed by atoms with Crippen LogP contribution in [0.15, 0.2) is 23.1 Å². The molecule has 1 aliphatic rings. The monoisotopic (exact) mass is 282 g/mol. The molecule has 0 bridgehead atoms. The fraction of sp³-hybridized carbons (Fsp3) is 0.462. The Morgan fingerprint density at radius 2 is 2.11 bits per heavy atom. The molecule has 0 aromatic heterocycles. The Hall–Kier alpha value is -1.40. The van der Waals surface area contributed by atoms with Crippen LogP contribution in [0.2, 0.25) is 0 Å². The van der Waals surface area contributed by atoms with E-state index < -0.39 is 9.84 Å². The van der Waals surface area contributed by atoms with Crippen molar-refractivity contribution in [3.8, 4) is 0 Å². The van der Waals surface area contributed by atoms with E-state index >= 15 is 0 Å². The summed E-state index contributed by atoms with van der Waals surface area (Å²) < 4.78 is 23.1. The molecule has 1 aliphatic heterocycles. The number of benzene rings is 1. The van der Waals surface area contributed by atoms with Crippen LogP contribution in [0.3, 0.4) is 0 Å². The third kappa shape index (κ3) is 2.96. The lowest BCUT2D eigenvalue weighted by Gasteiger charge is -2.17. The van der Waals surface area contributed by atoms with Gasteiger partial charge in [0.1, 0.15) is 0 Å². The lowest BCUT2D eigenvalue weighted by Crippen LogP contribution is -2.32. The molecule has 1 amide bonds. The molecule has 2 N–H and O–H groups in total. The topological polar surface area (TPSA) is 80.5 Å². The normalized spacial score (nSPS) is 19.7. The predicted molar refractivity (Wildman–Crippen MR) is 72.8 cm³/mol. The van der Waals surface area contributed by atoms with Gasteiger partial charge in [0.05, 0.1) is 4.90 Å². The molecule has 1 fully saturated rings. The van der Waals surface area contributed by atoms with Crippen LogP contribution in [-0.2, 0) is 9.84 Å². The average molecular weight is 282 g/mol. The largest absolute Gasteiger partial charge is 0.337 e. The van der Waals surface area contributed by atoms with Crippen molar-refractivity contribution >= 4 is 15.7 Å². The van der Waals surface area contributed by atoms with E-state index in [0.29, 0.717) is 18.7 Å². The van der Waals surface area contributed by atoms with E-state index in [0.717, 1.165) is 18.2 Å². The predicted octanol–water partition coefficient (Wildman–Crippen LogP) is 0.572. The number of hydrogen-bond donors (Lipinski definition) is 1. The first-order valence-electron chi connectivity index (χ1n) is 6.14. The number of hydrogen-bond acceptors (Lipinski definition) is 4. The molecular formula is C13H18N2O3S. The van der Waals surface area contributed by atoms with Gasteiger partial charge in [0.15, 0.2) is 9.84 Å². The van der Waals surface area contributed by atoms with Crippen LogP contribution in [0.5, 0.6) is 0 Å². The number of nitrogens with zero attached hydrogens (tertiary/aromatic N) is 1. The zero-order valence-electron chi connectivity index (χ0n) is 11.1. The Labute approximate surface area is 113 Å². The van der Waals surface area contributed by atoms with Crippen molar-refractivity contribution in [2.75, 3.05) is 19.3 Å². The summed E-state index contributed by atoms with van der Waals surface area (Å²) in [5.41, 5.74) is 7.01. The van der Waals surface area contributed by atoms with Gasteiger partial charge < -0.3 is 10.6 Å². The molecule has 5 nitrogen and oxygen atoms in total. The van der Waals surface area contributed by atoms with E-state index in [2.05, 4.69) is 0 Å². The Morgan fingerprint density at radius 3 is 2.63 bits per heavy atom. The first-order valence-corrected chi connectivity index (χ1v) is 8.04. The molecule has 0 spiro atoms. The lowest BCUT2D eigenvalue weighted by molar-refractivity contribution is 0.0790. The molecule has 104 valence electrons. The number of nitrogens with two attached hydrogens (primary N) is 1. The third-order valence-electron chi connectivity index (χ3n) is 3.38. The van der Waals surface area contributed by atoms with Crippen molar-refractivity contribution in [3.63, 3.8) is 0 Å². The van der Waals surface area contributed by atoms with Gasteiger partial charge in [-0.05, 0) is 31.0 Å². The Morgan fingerprint density at radius 1 is 1.42 bits per heavy atom. The van der Waals surface area contributed by atoms with Crippen LogP contribution in [0.4, 0.5) is 0 Å². The number of carbonyl (C=O) groups excluding carboxylic acids is 1. The standard InChI is InChI=1S/C13H18N2O3S/c1-9-3-4-11(19(2,17)18)7-12(9)13(16)15-6-5-10(14)8-15/h3-4,7,10H,5-6,8,14H2,1-2H3/t10-/m1/s1. The van der Waals surface area contributed by atoms with Gasteiger partial charge in [0.25, 0.3) is 5.91 Å². The highest BCUT2D eigenvalue weighted by atomic mass is 32.2. The van der Waals surface area contributed by atoms with Gasteiger partial charge in [0, 0.05) is 31.0 Å². The maximum Gasteiger partial charge on any atom is 0.254 e. The number of carbonyl (C=O) groups is 1.